The molecule has 25 heavy (non-hydrogen) atoms. The van der Waals surface area contributed by atoms with Gasteiger partial charge < -0.3 is 10.2 Å². The summed E-state index contributed by atoms with van der Waals surface area (Å²) in [5.41, 5.74) is 2.21. The summed E-state index contributed by atoms with van der Waals surface area (Å²) >= 11 is 6.13. The molecule has 0 saturated heterocycles. The first kappa shape index (κ1) is 17.7. The van der Waals surface area contributed by atoms with E-state index in [4.69, 9.17) is 16.7 Å². The zero-order valence-corrected chi connectivity index (χ0v) is 14.6. The van der Waals surface area contributed by atoms with E-state index >= 15 is 0 Å². The number of nitrogens with zero attached hydrogens (tertiary/aromatic N) is 2. The van der Waals surface area contributed by atoms with Gasteiger partial charge in [0.2, 0.25) is 0 Å². The molecular weight excluding hydrogens is 340 g/mol. The summed E-state index contributed by atoms with van der Waals surface area (Å²) in [5, 5.41) is 24.4. The van der Waals surface area contributed by atoms with Crippen LogP contribution in [0.4, 0.5) is 0 Å². The van der Waals surface area contributed by atoms with Gasteiger partial charge in [-0.1, -0.05) is 30.7 Å². The van der Waals surface area contributed by atoms with Gasteiger partial charge >= 0.3 is 5.97 Å². The van der Waals surface area contributed by atoms with E-state index in [0.29, 0.717) is 16.5 Å². The fraction of sp³-hybridized carbons (Fsp3) is 0.368. The van der Waals surface area contributed by atoms with Crippen LogP contribution in [0.15, 0.2) is 42.7 Å². The number of rotatable bonds is 7. The van der Waals surface area contributed by atoms with Gasteiger partial charge in [-0.25, -0.2) is 4.79 Å². The SMILES string of the molecule is C=C(CC(O)c1ccc(Cl)cc1-c1cnn(CC2CCC2)c1)C(=O)O. The molecule has 0 bridgehead atoms. The van der Waals surface area contributed by atoms with Crippen LogP contribution in [0.1, 0.15) is 37.4 Å². The summed E-state index contributed by atoms with van der Waals surface area (Å²) in [6.45, 7) is 4.39. The molecule has 2 aromatic rings. The second kappa shape index (κ2) is 7.42. The van der Waals surface area contributed by atoms with Crippen molar-refractivity contribution in [3.8, 4) is 11.1 Å². The molecule has 132 valence electrons. The molecule has 6 heteroatoms. The van der Waals surface area contributed by atoms with Crippen LogP contribution in [0, 0.1) is 5.92 Å². The molecule has 3 rings (SSSR count). The van der Waals surface area contributed by atoms with Gasteiger partial charge in [0.05, 0.1) is 12.3 Å². The molecular formula is C19H21ClN2O3. The molecule has 1 aromatic heterocycles. The number of benzene rings is 1. The molecule has 0 aliphatic heterocycles. The van der Waals surface area contributed by atoms with Crippen molar-refractivity contribution in [1.29, 1.82) is 0 Å². The number of aliphatic hydroxyl groups is 1. The van der Waals surface area contributed by atoms with Crippen molar-refractivity contribution in [2.45, 2.75) is 38.3 Å². The molecule has 1 aliphatic rings. The van der Waals surface area contributed by atoms with Crippen molar-refractivity contribution in [2.75, 3.05) is 0 Å². The minimum atomic E-state index is -1.11. The van der Waals surface area contributed by atoms with E-state index in [1.807, 2.05) is 10.9 Å². The smallest absolute Gasteiger partial charge is 0.331 e. The normalized spacial score (nSPS) is 15.6. The van der Waals surface area contributed by atoms with Gasteiger partial charge in [0, 0.05) is 35.3 Å². The highest BCUT2D eigenvalue weighted by molar-refractivity contribution is 6.30. The Morgan fingerprint density at radius 3 is 2.84 bits per heavy atom. The van der Waals surface area contributed by atoms with Gasteiger partial charge in [-0.3, -0.25) is 4.68 Å². The molecule has 0 amide bonds. The van der Waals surface area contributed by atoms with Crippen LogP contribution >= 0.6 is 11.6 Å². The molecule has 1 aromatic carbocycles. The van der Waals surface area contributed by atoms with Crippen molar-refractivity contribution in [3.05, 3.63) is 53.3 Å². The summed E-state index contributed by atoms with van der Waals surface area (Å²) < 4.78 is 1.92. The van der Waals surface area contributed by atoms with E-state index in [2.05, 4.69) is 11.7 Å². The van der Waals surface area contributed by atoms with Crippen LogP contribution in [-0.2, 0) is 11.3 Å². The van der Waals surface area contributed by atoms with Crippen LogP contribution in [0.5, 0.6) is 0 Å². The second-order valence-electron chi connectivity index (χ2n) is 6.61. The van der Waals surface area contributed by atoms with Crippen LogP contribution in [-0.4, -0.2) is 26.0 Å². The van der Waals surface area contributed by atoms with Crippen LogP contribution < -0.4 is 0 Å². The van der Waals surface area contributed by atoms with E-state index in [9.17, 15) is 9.90 Å². The number of aromatic nitrogens is 2. The molecule has 1 unspecified atom stereocenters. The van der Waals surface area contributed by atoms with Crippen LogP contribution in [0.25, 0.3) is 11.1 Å². The van der Waals surface area contributed by atoms with Gasteiger partial charge in [-0.15, -0.1) is 0 Å². The third-order valence-corrected chi connectivity index (χ3v) is 4.97. The monoisotopic (exact) mass is 360 g/mol. The number of hydrogen-bond acceptors (Lipinski definition) is 3. The van der Waals surface area contributed by atoms with Gasteiger partial charge in [0.15, 0.2) is 0 Å². The summed E-state index contributed by atoms with van der Waals surface area (Å²) in [7, 11) is 0. The maximum Gasteiger partial charge on any atom is 0.331 e. The highest BCUT2D eigenvalue weighted by Crippen LogP contribution is 2.34. The quantitative estimate of drug-likeness (QED) is 0.730. The Labute approximate surface area is 151 Å². The van der Waals surface area contributed by atoms with E-state index in [0.717, 1.165) is 17.7 Å². The van der Waals surface area contributed by atoms with E-state index in [1.54, 1.807) is 24.4 Å². The van der Waals surface area contributed by atoms with Crippen molar-refractivity contribution in [1.82, 2.24) is 9.78 Å². The number of carboxylic acid groups (broad SMARTS) is 1. The molecule has 1 atom stereocenters. The Morgan fingerprint density at radius 2 is 2.20 bits per heavy atom. The predicted molar refractivity (Wildman–Crippen MR) is 96.4 cm³/mol. The Balaban J connectivity index is 1.86. The summed E-state index contributed by atoms with van der Waals surface area (Å²) in [4.78, 5) is 11.0. The number of hydrogen-bond donors (Lipinski definition) is 2. The number of aliphatic carboxylic acids is 1. The van der Waals surface area contributed by atoms with Gasteiger partial charge in [-0.05, 0) is 42.0 Å². The fourth-order valence-corrected chi connectivity index (χ4v) is 3.21. The van der Waals surface area contributed by atoms with Crippen molar-refractivity contribution >= 4 is 17.6 Å². The second-order valence-corrected chi connectivity index (χ2v) is 7.04. The Morgan fingerprint density at radius 1 is 1.44 bits per heavy atom. The van der Waals surface area contributed by atoms with E-state index in [-0.39, 0.29) is 12.0 Å². The molecule has 1 saturated carbocycles. The minimum absolute atomic E-state index is 0.0333. The average molecular weight is 361 g/mol. The Bertz CT molecular complexity index is 796. The van der Waals surface area contributed by atoms with Crippen molar-refractivity contribution in [2.24, 2.45) is 5.92 Å². The zero-order valence-electron chi connectivity index (χ0n) is 13.9. The Kier molecular flexibility index (Phi) is 5.25. The maximum atomic E-state index is 11.0. The molecule has 5 nitrogen and oxygen atoms in total. The third kappa shape index (κ3) is 4.11. The van der Waals surface area contributed by atoms with Crippen LogP contribution in [0.2, 0.25) is 5.02 Å². The molecule has 0 radical (unpaired) electrons. The molecule has 1 fully saturated rings. The highest BCUT2D eigenvalue weighted by atomic mass is 35.5. The van der Waals surface area contributed by atoms with Crippen molar-refractivity contribution in [3.63, 3.8) is 0 Å². The minimum Gasteiger partial charge on any atom is -0.478 e. The summed E-state index contributed by atoms with van der Waals surface area (Å²) in [5.74, 6) is -0.418. The first-order valence-electron chi connectivity index (χ1n) is 8.35. The van der Waals surface area contributed by atoms with Crippen molar-refractivity contribution < 1.29 is 15.0 Å². The number of halogens is 1. The van der Waals surface area contributed by atoms with Gasteiger partial charge in [-0.2, -0.15) is 5.10 Å². The lowest BCUT2D eigenvalue weighted by molar-refractivity contribution is -0.133. The van der Waals surface area contributed by atoms with E-state index < -0.39 is 12.1 Å². The topological polar surface area (TPSA) is 75.4 Å². The number of aliphatic hydroxyl groups excluding tert-OH is 1. The van der Waals surface area contributed by atoms with E-state index in [1.165, 1.54) is 19.3 Å². The first-order chi connectivity index (χ1) is 11.9. The lowest BCUT2D eigenvalue weighted by atomic mass is 9.85. The Hall–Kier alpha value is -2.11. The largest absolute Gasteiger partial charge is 0.478 e. The predicted octanol–water partition coefficient (Wildman–Crippen LogP) is 4.07. The molecule has 2 N–H and O–H groups in total. The molecule has 1 aliphatic carbocycles. The lowest BCUT2D eigenvalue weighted by Crippen LogP contribution is -2.18. The molecule has 1 heterocycles. The number of carboxylic acids is 1. The first-order valence-corrected chi connectivity index (χ1v) is 8.73. The van der Waals surface area contributed by atoms with Gasteiger partial charge in [0.25, 0.3) is 0 Å². The lowest BCUT2D eigenvalue weighted by Gasteiger charge is -2.24. The summed E-state index contributed by atoms with van der Waals surface area (Å²) in [6, 6.07) is 5.18. The maximum absolute atomic E-state index is 11.0. The van der Waals surface area contributed by atoms with Crippen LogP contribution in [0.3, 0.4) is 0 Å². The fourth-order valence-electron chi connectivity index (χ4n) is 3.04. The highest BCUT2D eigenvalue weighted by Gasteiger charge is 2.20. The third-order valence-electron chi connectivity index (χ3n) is 4.73. The summed E-state index contributed by atoms with van der Waals surface area (Å²) in [6.07, 6.45) is 6.47. The zero-order chi connectivity index (χ0) is 18.0. The van der Waals surface area contributed by atoms with Gasteiger partial charge in [0.1, 0.15) is 0 Å². The average Bonchev–Trinajstić information content (AvgIpc) is 2.99. The standard InChI is InChI=1S/C19H21ClN2O3/c1-12(19(24)25)7-18(23)16-6-5-15(20)8-17(16)14-9-21-22(11-14)10-13-3-2-4-13/h5-6,8-9,11,13,18,23H,1-4,7,10H2,(H,24,25). The number of carbonyl (C=O) groups is 1. The molecule has 0 spiro atoms.